The monoisotopic (exact) mass is 668 g/mol. The lowest BCUT2D eigenvalue weighted by molar-refractivity contribution is 1.64. The molecule has 0 aliphatic rings. The van der Waals surface area contributed by atoms with Crippen LogP contribution in [0.3, 0.4) is 0 Å². The van der Waals surface area contributed by atoms with E-state index in [1.165, 1.54) is 106 Å². The summed E-state index contributed by atoms with van der Waals surface area (Å²) >= 11 is 3.85. The van der Waals surface area contributed by atoms with Gasteiger partial charge in [-0.25, -0.2) is 0 Å². The van der Waals surface area contributed by atoms with Crippen LogP contribution < -0.4 is 0 Å². The maximum Gasteiger partial charge on any atom is 0.0441 e. The number of hydrogen-bond acceptors (Lipinski definition) is 2. The average molecular weight is 669 g/mol. The number of hydrogen-bond donors (Lipinski definition) is 0. The Hall–Kier alpha value is -5.80. The van der Waals surface area contributed by atoms with E-state index >= 15 is 0 Å². The number of rotatable bonds is 3. The van der Waals surface area contributed by atoms with Crippen molar-refractivity contribution >= 4 is 95.3 Å². The van der Waals surface area contributed by atoms with Gasteiger partial charge in [-0.3, -0.25) is 0 Å². The Kier molecular flexibility index (Phi) is 6.09. The van der Waals surface area contributed by atoms with Crippen molar-refractivity contribution in [3.63, 3.8) is 0 Å². The predicted octanol–water partition coefficient (Wildman–Crippen LogP) is 14.9. The molecular weight excluding hydrogens is 641 g/mol. The first-order valence-corrected chi connectivity index (χ1v) is 18.7. The van der Waals surface area contributed by atoms with Crippen molar-refractivity contribution in [2.24, 2.45) is 0 Å². The molecule has 11 aromatic rings. The van der Waals surface area contributed by atoms with Gasteiger partial charge in [0.1, 0.15) is 0 Å². The number of fused-ring (bicyclic) bond motifs is 9. The first-order chi connectivity index (χ1) is 24.8. The second-order valence-corrected chi connectivity index (χ2v) is 15.3. The molecular formula is C48H28S2. The summed E-state index contributed by atoms with van der Waals surface area (Å²) in [6, 6.07) is 63.0. The van der Waals surface area contributed by atoms with Gasteiger partial charge in [-0.1, -0.05) is 140 Å². The standard InChI is InChI=1S/C48H28S2/c1-2-12-29(13-3-1)30-22-23-32-27-33(25-24-31(32)26-30)44-35-15-4-6-17-37(35)45(38-18-7-5-16-36(38)44)47-46-39-19-9-11-21-42(39)49-43(46)28-40-34-14-8-10-20-41(34)50-48(40)47/h1-28H. The van der Waals surface area contributed by atoms with Gasteiger partial charge in [-0.15, -0.1) is 22.7 Å². The van der Waals surface area contributed by atoms with Crippen LogP contribution in [-0.4, -0.2) is 0 Å². The van der Waals surface area contributed by atoms with Crippen molar-refractivity contribution in [2.75, 3.05) is 0 Å². The molecule has 0 aliphatic heterocycles. The van der Waals surface area contributed by atoms with E-state index in [1.807, 2.05) is 22.7 Å². The van der Waals surface area contributed by atoms with Gasteiger partial charge in [0, 0.05) is 45.9 Å². The predicted molar refractivity (Wildman–Crippen MR) is 221 cm³/mol. The molecule has 232 valence electrons. The van der Waals surface area contributed by atoms with E-state index in [2.05, 4.69) is 170 Å². The molecule has 0 saturated carbocycles. The lowest BCUT2D eigenvalue weighted by atomic mass is 9.84. The zero-order chi connectivity index (χ0) is 32.8. The molecule has 0 aliphatic carbocycles. The van der Waals surface area contributed by atoms with Crippen LogP contribution in [0.4, 0.5) is 0 Å². The van der Waals surface area contributed by atoms with E-state index in [4.69, 9.17) is 0 Å². The minimum Gasteiger partial charge on any atom is -0.135 e. The average Bonchev–Trinajstić information content (AvgIpc) is 3.74. The van der Waals surface area contributed by atoms with Crippen molar-refractivity contribution in [1.82, 2.24) is 0 Å². The normalized spacial score (nSPS) is 12.0. The topological polar surface area (TPSA) is 0 Å². The third-order valence-electron chi connectivity index (χ3n) is 10.4. The minimum atomic E-state index is 1.24. The smallest absolute Gasteiger partial charge is 0.0441 e. The second-order valence-electron chi connectivity index (χ2n) is 13.2. The van der Waals surface area contributed by atoms with Gasteiger partial charge in [0.05, 0.1) is 0 Å². The van der Waals surface area contributed by atoms with Crippen LogP contribution >= 0.6 is 22.7 Å². The van der Waals surface area contributed by atoms with E-state index < -0.39 is 0 Å². The van der Waals surface area contributed by atoms with Crippen molar-refractivity contribution < 1.29 is 0 Å². The van der Waals surface area contributed by atoms with Crippen molar-refractivity contribution in [1.29, 1.82) is 0 Å². The van der Waals surface area contributed by atoms with Gasteiger partial charge in [0.25, 0.3) is 0 Å². The first kappa shape index (κ1) is 28.1. The van der Waals surface area contributed by atoms with E-state index in [0.717, 1.165) is 0 Å². The van der Waals surface area contributed by atoms with Gasteiger partial charge >= 0.3 is 0 Å². The summed E-state index contributed by atoms with van der Waals surface area (Å²) in [7, 11) is 0. The highest BCUT2D eigenvalue weighted by Crippen LogP contribution is 2.53. The fourth-order valence-corrected chi connectivity index (χ4v) is 10.6. The van der Waals surface area contributed by atoms with Crippen molar-refractivity contribution in [2.45, 2.75) is 0 Å². The van der Waals surface area contributed by atoms with Gasteiger partial charge in [-0.05, 0) is 90.5 Å². The molecule has 0 amide bonds. The Morgan fingerprint density at radius 1 is 0.280 bits per heavy atom. The fourth-order valence-electron chi connectivity index (χ4n) is 8.22. The molecule has 0 spiro atoms. The molecule has 0 saturated heterocycles. The molecule has 0 unspecified atom stereocenters. The van der Waals surface area contributed by atoms with Crippen LogP contribution in [0, 0.1) is 0 Å². The number of benzene rings is 9. The van der Waals surface area contributed by atoms with Crippen LogP contribution in [0.15, 0.2) is 170 Å². The van der Waals surface area contributed by atoms with Gasteiger partial charge in [0.15, 0.2) is 0 Å². The molecule has 0 radical (unpaired) electrons. The molecule has 50 heavy (non-hydrogen) atoms. The van der Waals surface area contributed by atoms with E-state index in [0.29, 0.717) is 0 Å². The summed E-state index contributed by atoms with van der Waals surface area (Å²) in [5.74, 6) is 0. The molecule has 0 atom stereocenters. The maximum atomic E-state index is 2.45. The summed E-state index contributed by atoms with van der Waals surface area (Å²) in [6.07, 6.45) is 0. The quantitative estimate of drug-likeness (QED) is 0.164. The summed E-state index contributed by atoms with van der Waals surface area (Å²) < 4.78 is 5.38. The summed E-state index contributed by atoms with van der Waals surface area (Å²) in [4.78, 5) is 0. The zero-order valence-corrected chi connectivity index (χ0v) is 28.6. The Labute approximate surface area is 297 Å². The van der Waals surface area contributed by atoms with Gasteiger partial charge < -0.3 is 0 Å². The Morgan fingerprint density at radius 2 is 0.800 bits per heavy atom. The van der Waals surface area contributed by atoms with Gasteiger partial charge in [-0.2, -0.15) is 0 Å². The molecule has 2 aromatic heterocycles. The van der Waals surface area contributed by atoms with Crippen LogP contribution in [0.25, 0.3) is 106 Å². The number of thiophene rings is 2. The molecule has 0 fully saturated rings. The fraction of sp³-hybridized carbons (Fsp3) is 0. The highest BCUT2D eigenvalue weighted by atomic mass is 32.1. The summed E-state index contributed by atoms with van der Waals surface area (Å²) in [5.41, 5.74) is 7.72. The lowest BCUT2D eigenvalue weighted by Gasteiger charge is -2.19. The highest BCUT2D eigenvalue weighted by molar-refractivity contribution is 7.28. The molecule has 11 rings (SSSR count). The molecule has 9 aromatic carbocycles. The SMILES string of the molecule is c1ccc(-c2ccc3cc(-c4c5ccccc5c(-c5c6sc7ccccc7c6cc6sc7ccccc7c56)c5ccccc45)ccc3c2)cc1. The minimum absolute atomic E-state index is 1.24. The van der Waals surface area contributed by atoms with E-state index in [-0.39, 0.29) is 0 Å². The molecule has 0 N–H and O–H groups in total. The molecule has 0 nitrogen and oxygen atoms in total. The molecule has 2 heteroatoms. The van der Waals surface area contributed by atoms with Crippen LogP contribution in [-0.2, 0) is 0 Å². The zero-order valence-electron chi connectivity index (χ0n) is 27.0. The Balaban J connectivity index is 1.25. The third kappa shape index (κ3) is 4.10. The van der Waals surface area contributed by atoms with Crippen molar-refractivity contribution in [3.05, 3.63) is 170 Å². The molecule has 0 bridgehead atoms. The Morgan fingerprint density at radius 3 is 1.48 bits per heavy atom. The first-order valence-electron chi connectivity index (χ1n) is 17.1. The van der Waals surface area contributed by atoms with Crippen LogP contribution in [0.2, 0.25) is 0 Å². The van der Waals surface area contributed by atoms with E-state index in [1.54, 1.807) is 0 Å². The highest BCUT2D eigenvalue weighted by Gasteiger charge is 2.23. The Bertz CT molecular complexity index is 3080. The van der Waals surface area contributed by atoms with E-state index in [9.17, 15) is 0 Å². The van der Waals surface area contributed by atoms with Crippen LogP contribution in [0.5, 0.6) is 0 Å². The van der Waals surface area contributed by atoms with Gasteiger partial charge in [0.2, 0.25) is 0 Å². The maximum absolute atomic E-state index is 2.45. The third-order valence-corrected chi connectivity index (χ3v) is 12.7. The van der Waals surface area contributed by atoms with Crippen molar-refractivity contribution in [3.8, 4) is 33.4 Å². The lowest BCUT2D eigenvalue weighted by Crippen LogP contribution is -1.92. The second kappa shape index (κ2) is 10.9. The summed E-state index contributed by atoms with van der Waals surface area (Å²) in [5, 5.41) is 13.1. The largest absolute Gasteiger partial charge is 0.135 e. The molecule has 2 heterocycles. The van der Waals surface area contributed by atoms with Crippen LogP contribution in [0.1, 0.15) is 0 Å². The summed E-state index contributed by atoms with van der Waals surface area (Å²) in [6.45, 7) is 0.